The van der Waals surface area contributed by atoms with Gasteiger partial charge in [-0.25, -0.2) is 0 Å². The van der Waals surface area contributed by atoms with Crippen molar-refractivity contribution in [2.24, 2.45) is 0 Å². The molecule has 0 atom stereocenters. The molecule has 0 aliphatic carbocycles. The summed E-state index contributed by atoms with van der Waals surface area (Å²) in [5, 5.41) is 3.42. The monoisotopic (exact) mass is 400 g/mol. The van der Waals surface area contributed by atoms with Gasteiger partial charge in [0, 0.05) is 25.2 Å². The molecule has 0 radical (unpaired) electrons. The lowest BCUT2D eigenvalue weighted by Crippen LogP contribution is -2.27. The van der Waals surface area contributed by atoms with E-state index in [1.165, 1.54) is 11.6 Å². The van der Waals surface area contributed by atoms with Crippen molar-refractivity contribution in [3.63, 3.8) is 0 Å². The van der Waals surface area contributed by atoms with Crippen LogP contribution in [0.5, 0.6) is 11.5 Å². The molecule has 0 fully saturated rings. The Morgan fingerprint density at radius 3 is 2.75 bits per heavy atom. The molecule has 5 nitrogen and oxygen atoms in total. The Labute approximate surface area is 170 Å². The largest absolute Gasteiger partial charge is 0.454 e. The number of carbonyl (C=O) groups is 1. The fraction of sp³-hybridized carbons (Fsp3) is 0.318. The number of nitrogens with zero attached hydrogens (tertiary/aromatic N) is 1. The Kier molecular flexibility index (Phi) is 6.60. The summed E-state index contributed by atoms with van der Waals surface area (Å²) in [7, 11) is 2.10. The minimum Gasteiger partial charge on any atom is -0.454 e. The van der Waals surface area contributed by atoms with Crippen LogP contribution >= 0.6 is 11.6 Å². The Bertz CT molecular complexity index is 880. The molecule has 28 heavy (non-hydrogen) atoms. The van der Waals surface area contributed by atoms with Crippen LogP contribution in [0.15, 0.2) is 42.5 Å². The van der Waals surface area contributed by atoms with Crippen molar-refractivity contribution in [1.29, 1.82) is 0 Å². The van der Waals surface area contributed by atoms with Gasteiger partial charge in [-0.05, 0) is 55.8 Å². The van der Waals surface area contributed by atoms with E-state index in [0.29, 0.717) is 29.1 Å². The van der Waals surface area contributed by atoms with E-state index in [-0.39, 0.29) is 12.7 Å². The molecule has 0 aromatic heterocycles. The van der Waals surface area contributed by atoms with Crippen LogP contribution in [-0.2, 0) is 17.9 Å². The summed E-state index contributed by atoms with van der Waals surface area (Å²) in [5.41, 5.74) is 3.11. The first kappa shape index (κ1) is 20.2. The van der Waals surface area contributed by atoms with Crippen molar-refractivity contribution >= 4 is 23.6 Å². The molecular formula is C22H25ClN2O3. The number of halogens is 1. The molecule has 1 heterocycles. The van der Waals surface area contributed by atoms with Gasteiger partial charge in [-0.3, -0.25) is 9.69 Å². The highest BCUT2D eigenvalue weighted by Crippen LogP contribution is 2.40. The average molecular weight is 401 g/mol. The second-order valence-corrected chi connectivity index (χ2v) is 7.47. The standard InChI is InChI=1S/C22H25ClN2O3/c1-15(2)25(3)13-18-7-5-4-6-17(18)12-24-21(26)9-8-16-10-19(23)22-20(11-16)27-14-28-22/h4-11,15H,12-14H2,1-3H3,(H,24,26). The van der Waals surface area contributed by atoms with Crippen LogP contribution in [0.4, 0.5) is 0 Å². The minimum atomic E-state index is -0.166. The molecule has 0 spiro atoms. The van der Waals surface area contributed by atoms with Crippen LogP contribution < -0.4 is 14.8 Å². The number of hydrogen-bond donors (Lipinski definition) is 1. The molecule has 2 aromatic rings. The summed E-state index contributed by atoms with van der Waals surface area (Å²) in [6, 6.07) is 12.2. The van der Waals surface area contributed by atoms with Crippen LogP contribution in [0.25, 0.3) is 6.08 Å². The molecule has 1 aliphatic heterocycles. The molecule has 0 unspecified atom stereocenters. The molecule has 0 saturated carbocycles. The lowest BCUT2D eigenvalue weighted by molar-refractivity contribution is -0.116. The first-order chi connectivity index (χ1) is 13.4. The van der Waals surface area contributed by atoms with Crippen molar-refractivity contribution in [2.75, 3.05) is 13.8 Å². The number of ether oxygens (including phenoxy) is 2. The Morgan fingerprint density at radius 2 is 2.00 bits per heavy atom. The fourth-order valence-corrected chi connectivity index (χ4v) is 3.11. The SMILES string of the molecule is CC(C)N(C)Cc1ccccc1CNC(=O)C=Cc1cc(Cl)c2c(c1)OCO2. The minimum absolute atomic E-state index is 0.161. The predicted molar refractivity (Wildman–Crippen MR) is 112 cm³/mol. The van der Waals surface area contributed by atoms with Gasteiger partial charge in [0.25, 0.3) is 0 Å². The predicted octanol–water partition coefficient (Wildman–Crippen LogP) is 4.24. The van der Waals surface area contributed by atoms with E-state index in [4.69, 9.17) is 21.1 Å². The maximum absolute atomic E-state index is 12.3. The Hall–Kier alpha value is -2.50. The maximum atomic E-state index is 12.3. The van der Waals surface area contributed by atoms with Crippen LogP contribution in [0.3, 0.4) is 0 Å². The number of rotatable bonds is 7. The summed E-state index contributed by atoms with van der Waals surface area (Å²) in [5.74, 6) is 0.975. The van der Waals surface area contributed by atoms with Crippen LogP contribution in [0, 0.1) is 0 Å². The lowest BCUT2D eigenvalue weighted by Gasteiger charge is -2.22. The third-order valence-electron chi connectivity index (χ3n) is 4.75. The molecule has 3 rings (SSSR count). The topological polar surface area (TPSA) is 50.8 Å². The first-order valence-electron chi connectivity index (χ1n) is 9.26. The normalized spacial score (nSPS) is 12.9. The van der Waals surface area contributed by atoms with E-state index in [2.05, 4.69) is 37.2 Å². The third-order valence-corrected chi connectivity index (χ3v) is 5.03. The van der Waals surface area contributed by atoms with E-state index in [0.717, 1.165) is 17.7 Å². The second kappa shape index (κ2) is 9.13. The number of fused-ring (bicyclic) bond motifs is 1. The zero-order chi connectivity index (χ0) is 20.1. The van der Waals surface area contributed by atoms with Crippen molar-refractivity contribution in [2.45, 2.75) is 33.0 Å². The van der Waals surface area contributed by atoms with Gasteiger partial charge in [0.1, 0.15) is 0 Å². The van der Waals surface area contributed by atoms with Gasteiger partial charge in [0.15, 0.2) is 11.5 Å². The van der Waals surface area contributed by atoms with E-state index in [1.807, 2.05) is 18.2 Å². The van der Waals surface area contributed by atoms with Gasteiger partial charge in [-0.2, -0.15) is 0 Å². The summed E-state index contributed by atoms with van der Waals surface area (Å²) < 4.78 is 10.6. The number of benzene rings is 2. The van der Waals surface area contributed by atoms with Gasteiger partial charge in [-0.1, -0.05) is 35.9 Å². The molecule has 148 valence electrons. The van der Waals surface area contributed by atoms with Gasteiger partial charge in [0.05, 0.1) is 5.02 Å². The van der Waals surface area contributed by atoms with Crippen LogP contribution in [0.1, 0.15) is 30.5 Å². The summed E-state index contributed by atoms with van der Waals surface area (Å²) in [6.45, 7) is 5.81. The molecular weight excluding hydrogens is 376 g/mol. The van der Waals surface area contributed by atoms with Gasteiger partial charge in [-0.15, -0.1) is 0 Å². The first-order valence-corrected chi connectivity index (χ1v) is 9.64. The summed E-state index contributed by atoms with van der Waals surface area (Å²) >= 11 is 6.17. The molecule has 1 aliphatic rings. The molecule has 0 bridgehead atoms. The zero-order valence-corrected chi connectivity index (χ0v) is 17.1. The van der Waals surface area contributed by atoms with Crippen LogP contribution in [-0.4, -0.2) is 30.7 Å². The van der Waals surface area contributed by atoms with Gasteiger partial charge >= 0.3 is 0 Å². The summed E-state index contributed by atoms with van der Waals surface area (Å²) in [4.78, 5) is 14.5. The van der Waals surface area contributed by atoms with Crippen molar-refractivity contribution in [1.82, 2.24) is 10.2 Å². The van der Waals surface area contributed by atoms with Crippen LogP contribution in [0.2, 0.25) is 5.02 Å². The number of nitrogens with one attached hydrogen (secondary N) is 1. The smallest absolute Gasteiger partial charge is 0.244 e. The maximum Gasteiger partial charge on any atom is 0.244 e. The molecule has 0 saturated heterocycles. The molecule has 1 N–H and O–H groups in total. The number of carbonyl (C=O) groups excluding carboxylic acids is 1. The third kappa shape index (κ3) is 5.06. The number of amides is 1. The lowest BCUT2D eigenvalue weighted by atomic mass is 10.1. The average Bonchev–Trinajstić information content (AvgIpc) is 3.15. The molecule has 1 amide bonds. The number of hydrogen-bond acceptors (Lipinski definition) is 4. The second-order valence-electron chi connectivity index (χ2n) is 7.07. The highest BCUT2D eigenvalue weighted by atomic mass is 35.5. The quantitative estimate of drug-likeness (QED) is 0.706. The van der Waals surface area contributed by atoms with Crippen molar-refractivity contribution < 1.29 is 14.3 Å². The van der Waals surface area contributed by atoms with E-state index in [9.17, 15) is 4.79 Å². The Morgan fingerprint density at radius 1 is 1.25 bits per heavy atom. The Balaban J connectivity index is 1.61. The van der Waals surface area contributed by atoms with E-state index < -0.39 is 0 Å². The van der Waals surface area contributed by atoms with Crippen molar-refractivity contribution in [3.8, 4) is 11.5 Å². The summed E-state index contributed by atoms with van der Waals surface area (Å²) in [6.07, 6.45) is 3.21. The molecule has 2 aromatic carbocycles. The highest BCUT2D eigenvalue weighted by Gasteiger charge is 2.17. The fourth-order valence-electron chi connectivity index (χ4n) is 2.83. The highest BCUT2D eigenvalue weighted by molar-refractivity contribution is 6.32. The van der Waals surface area contributed by atoms with Crippen molar-refractivity contribution in [3.05, 3.63) is 64.2 Å². The molecule has 6 heteroatoms. The van der Waals surface area contributed by atoms with Gasteiger partial charge < -0.3 is 14.8 Å². The van der Waals surface area contributed by atoms with E-state index in [1.54, 1.807) is 18.2 Å². The van der Waals surface area contributed by atoms with E-state index >= 15 is 0 Å². The zero-order valence-electron chi connectivity index (χ0n) is 16.4. The van der Waals surface area contributed by atoms with Gasteiger partial charge in [0.2, 0.25) is 12.7 Å².